The molecule has 268 valence electrons. The van der Waals surface area contributed by atoms with Gasteiger partial charge in [0.2, 0.25) is 5.78 Å². The van der Waals surface area contributed by atoms with Crippen LogP contribution in [0.4, 0.5) is 0 Å². The topological polar surface area (TPSA) is 51.2 Å². The van der Waals surface area contributed by atoms with Gasteiger partial charge >= 0.3 is 0 Å². The molecule has 0 aromatic heterocycles. The molecule has 0 saturated carbocycles. The van der Waals surface area contributed by atoms with E-state index in [1.807, 2.05) is 21.1 Å². The van der Waals surface area contributed by atoms with Gasteiger partial charge in [0.1, 0.15) is 11.7 Å². The van der Waals surface area contributed by atoms with E-state index in [0.29, 0.717) is 17.4 Å². The van der Waals surface area contributed by atoms with Gasteiger partial charge in [-0.25, -0.2) is 0 Å². The Morgan fingerprint density at radius 1 is 0.457 bits per heavy atom. The molecule has 0 radical (unpaired) electrons. The molecule has 0 aliphatic heterocycles. The molecule has 1 unspecified atom stereocenters. The highest BCUT2D eigenvalue weighted by Crippen LogP contribution is 2.17. The smallest absolute Gasteiger partial charge is 0.214 e. The number of hydrogen-bond acceptors (Lipinski definition) is 3. The molecule has 0 aromatic carbocycles. The SMILES string of the molecule is CCCCCCCCC=CCCCCCCCC(=O)C(=O)C(C[N+](C)(C)C)C(=O)CCCCCCCC=CCCCCCCCC. The van der Waals surface area contributed by atoms with Crippen molar-refractivity contribution in [2.24, 2.45) is 5.92 Å². The van der Waals surface area contributed by atoms with Crippen molar-refractivity contribution in [2.75, 3.05) is 27.7 Å². The normalized spacial score (nSPS) is 12.8. The molecule has 0 bridgehead atoms. The van der Waals surface area contributed by atoms with Crippen LogP contribution < -0.4 is 0 Å². The van der Waals surface area contributed by atoms with Crippen LogP contribution in [-0.2, 0) is 14.4 Å². The maximum absolute atomic E-state index is 13.1. The minimum atomic E-state index is -0.785. The van der Waals surface area contributed by atoms with Crippen LogP contribution in [0.15, 0.2) is 24.3 Å². The molecule has 1 atom stereocenters. The van der Waals surface area contributed by atoms with Crippen molar-refractivity contribution >= 4 is 17.3 Å². The number of quaternary nitrogens is 1. The summed E-state index contributed by atoms with van der Waals surface area (Å²) in [5, 5.41) is 0. The zero-order valence-corrected chi connectivity index (χ0v) is 31.6. The zero-order valence-electron chi connectivity index (χ0n) is 31.6. The van der Waals surface area contributed by atoms with Crippen molar-refractivity contribution in [1.29, 1.82) is 0 Å². The number of nitrogens with zero attached hydrogens (tertiary/aromatic N) is 1. The first kappa shape index (κ1) is 44.5. The number of rotatable bonds is 35. The molecule has 0 rings (SSSR count). The molecule has 0 spiro atoms. The Kier molecular flexibility index (Phi) is 30.9. The van der Waals surface area contributed by atoms with Crippen LogP contribution in [0.2, 0.25) is 0 Å². The van der Waals surface area contributed by atoms with Gasteiger partial charge in [-0.2, -0.15) is 0 Å². The number of Topliss-reactive ketones (excluding diaryl/α,β-unsaturated/α-hetero) is 3. The van der Waals surface area contributed by atoms with Crippen molar-refractivity contribution in [3.05, 3.63) is 24.3 Å². The molecule has 46 heavy (non-hydrogen) atoms. The predicted octanol–water partition coefficient (Wildman–Crippen LogP) is 12.1. The largest absolute Gasteiger partial charge is 0.330 e. The number of unbranched alkanes of at least 4 members (excludes halogenated alkanes) is 22. The Hall–Kier alpha value is -1.55. The fourth-order valence-electron chi connectivity index (χ4n) is 6.10. The Labute approximate surface area is 287 Å². The summed E-state index contributed by atoms with van der Waals surface area (Å²) in [5.41, 5.74) is 0. The lowest BCUT2D eigenvalue weighted by atomic mass is 9.90. The van der Waals surface area contributed by atoms with Crippen molar-refractivity contribution in [3.63, 3.8) is 0 Å². The maximum Gasteiger partial charge on any atom is 0.214 e. The summed E-state index contributed by atoms with van der Waals surface area (Å²) in [5.74, 6) is -1.60. The van der Waals surface area contributed by atoms with E-state index in [9.17, 15) is 14.4 Å². The number of ketones is 3. The summed E-state index contributed by atoms with van der Waals surface area (Å²) in [7, 11) is 5.97. The van der Waals surface area contributed by atoms with Crippen LogP contribution in [0.5, 0.6) is 0 Å². The average molecular weight is 645 g/mol. The van der Waals surface area contributed by atoms with Crippen molar-refractivity contribution in [2.45, 2.75) is 194 Å². The average Bonchev–Trinajstić information content (AvgIpc) is 3.02. The van der Waals surface area contributed by atoms with Gasteiger partial charge in [0, 0.05) is 12.8 Å². The highest BCUT2D eigenvalue weighted by Gasteiger charge is 2.34. The van der Waals surface area contributed by atoms with Crippen molar-refractivity contribution in [3.8, 4) is 0 Å². The second kappa shape index (κ2) is 32.0. The highest BCUT2D eigenvalue weighted by atomic mass is 16.2. The molecule has 0 aromatic rings. The van der Waals surface area contributed by atoms with Gasteiger partial charge in [-0.1, -0.05) is 141 Å². The van der Waals surface area contributed by atoms with Crippen LogP contribution >= 0.6 is 0 Å². The summed E-state index contributed by atoms with van der Waals surface area (Å²) in [4.78, 5) is 39.0. The number of allylic oxidation sites excluding steroid dienone is 4. The molecule has 0 fully saturated rings. The van der Waals surface area contributed by atoms with Gasteiger partial charge in [-0.05, 0) is 64.2 Å². The third-order valence-corrected chi connectivity index (χ3v) is 9.06. The van der Waals surface area contributed by atoms with E-state index in [-0.39, 0.29) is 18.0 Å². The molecule has 0 aliphatic rings. The minimum absolute atomic E-state index is 0.0337. The maximum atomic E-state index is 13.1. The van der Waals surface area contributed by atoms with E-state index in [0.717, 1.165) is 51.4 Å². The minimum Gasteiger partial charge on any atom is -0.330 e. The zero-order chi connectivity index (χ0) is 34.1. The second-order valence-corrected chi connectivity index (χ2v) is 14.9. The summed E-state index contributed by atoms with van der Waals surface area (Å²) in [6.07, 6.45) is 41.5. The van der Waals surface area contributed by atoms with E-state index in [1.54, 1.807) is 0 Å². The number of carbonyl (C=O) groups is 3. The molecule has 0 amide bonds. The molecule has 0 saturated heterocycles. The first-order valence-electron chi connectivity index (χ1n) is 19.9. The van der Waals surface area contributed by atoms with Crippen LogP contribution in [0, 0.1) is 5.92 Å². The van der Waals surface area contributed by atoms with Gasteiger partial charge < -0.3 is 4.48 Å². The van der Waals surface area contributed by atoms with Crippen LogP contribution in [0.1, 0.15) is 194 Å². The lowest BCUT2D eigenvalue weighted by molar-refractivity contribution is -0.871. The Bertz CT molecular complexity index is 791. The summed E-state index contributed by atoms with van der Waals surface area (Å²) in [6, 6.07) is 0. The van der Waals surface area contributed by atoms with E-state index < -0.39 is 11.7 Å². The first-order valence-corrected chi connectivity index (χ1v) is 19.9. The van der Waals surface area contributed by atoms with Crippen LogP contribution in [0.3, 0.4) is 0 Å². The van der Waals surface area contributed by atoms with Gasteiger partial charge in [-0.15, -0.1) is 0 Å². The van der Waals surface area contributed by atoms with Crippen molar-refractivity contribution in [1.82, 2.24) is 0 Å². The predicted molar refractivity (Wildman–Crippen MR) is 200 cm³/mol. The Morgan fingerprint density at radius 3 is 1.15 bits per heavy atom. The molecule has 0 N–H and O–H groups in total. The highest BCUT2D eigenvalue weighted by molar-refractivity contribution is 6.41. The van der Waals surface area contributed by atoms with E-state index >= 15 is 0 Å². The molecular formula is C42H78NO3+. The first-order chi connectivity index (χ1) is 22.2. The lowest BCUT2D eigenvalue weighted by Crippen LogP contribution is -2.46. The Balaban J connectivity index is 4.09. The number of carbonyl (C=O) groups excluding carboxylic acids is 3. The summed E-state index contributed by atoms with van der Waals surface area (Å²) >= 11 is 0. The Morgan fingerprint density at radius 2 is 0.783 bits per heavy atom. The van der Waals surface area contributed by atoms with E-state index in [2.05, 4.69) is 38.2 Å². The van der Waals surface area contributed by atoms with E-state index in [4.69, 9.17) is 0 Å². The van der Waals surface area contributed by atoms with Crippen LogP contribution in [0.25, 0.3) is 0 Å². The van der Waals surface area contributed by atoms with Crippen molar-refractivity contribution < 1.29 is 18.9 Å². The molecule has 0 heterocycles. The molecule has 0 aliphatic carbocycles. The van der Waals surface area contributed by atoms with Gasteiger partial charge in [-0.3, -0.25) is 14.4 Å². The number of hydrogen-bond donors (Lipinski definition) is 0. The lowest BCUT2D eigenvalue weighted by Gasteiger charge is -2.27. The van der Waals surface area contributed by atoms with Gasteiger partial charge in [0.25, 0.3) is 0 Å². The third kappa shape index (κ3) is 29.8. The summed E-state index contributed by atoms with van der Waals surface area (Å²) in [6.45, 7) is 4.93. The molecule has 4 heteroatoms. The fourth-order valence-corrected chi connectivity index (χ4v) is 6.10. The second-order valence-electron chi connectivity index (χ2n) is 14.9. The standard InChI is InChI=1S/C42H78NO3/c1-6-8-10-12-14-16-18-20-22-24-26-28-30-32-34-36-40(44)39(38-43(3,4)5)42(46)41(45)37-35-33-31-29-27-25-23-21-19-17-15-13-11-9-7-2/h20-23,39H,6-19,24-38H2,1-5H3/q+1. The monoisotopic (exact) mass is 645 g/mol. The summed E-state index contributed by atoms with van der Waals surface area (Å²) < 4.78 is 0.509. The molecule has 4 nitrogen and oxygen atoms in total. The third-order valence-electron chi connectivity index (χ3n) is 9.06. The molecular weight excluding hydrogens is 566 g/mol. The van der Waals surface area contributed by atoms with Gasteiger partial charge in [0.15, 0.2) is 5.78 Å². The van der Waals surface area contributed by atoms with E-state index in [1.165, 1.54) is 116 Å². The quantitative estimate of drug-likeness (QED) is 0.0227. The van der Waals surface area contributed by atoms with Crippen LogP contribution in [-0.4, -0.2) is 49.5 Å². The van der Waals surface area contributed by atoms with Gasteiger partial charge in [0.05, 0.1) is 27.7 Å². The fraction of sp³-hybridized carbons (Fsp3) is 0.833.